The summed E-state index contributed by atoms with van der Waals surface area (Å²) in [6.07, 6.45) is 3.68. The summed E-state index contributed by atoms with van der Waals surface area (Å²) in [4.78, 5) is 12.3. The van der Waals surface area contributed by atoms with E-state index in [0.717, 1.165) is 31.2 Å². The van der Waals surface area contributed by atoms with Gasteiger partial charge in [-0.15, -0.1) is 0 Å². The van der Waals surface area contributed by atoms with Crippen LogP contribution in [0.2, 0.25) is 0 Å². The van der Waals surface area contributed by atoms with E-state index in [0.29, 0.717) is 6.54 Å². The zero-order valence-electron chi connectivity index (χ0n) is 11.8. The van der Waals surface area contributed by atoms with E-state index in [1.54, 1.807) is 0 Å². The topological polar surface area (TPSA) is 49.3 Å². The van der Waals surface area contributed by atoms with E-state index < -0.39 is 11.0 Å². The molecule has 19 heavy (non-hydrogen) atoms. The number of hydrogen-bond donors (Lipinski definition) is 2. The Morgan fingerprint density at radius 1 is 1.26 bits per heavy atom. The first kappa shape index (κ1) is 14.1. The molecule has 1 aromatic carbocycles. The van der Waals surface area contributed by atoms with Gasteiger partial charge in [-0.25, -0.2) is 0 Å². The summed E-state index contributed by atoms with van der Waals surface area (Å²) >= 11 is 0. The van der Waals surface area contributed by atoms with E-state index in [1.807, 2.05) is 44.2 Å². The third-order valence-electron chi connectivity index (χ3n) is 4.18. The van der Waals surface area contributed by atoms with Crippen molar-refractivity contribution in [2.75, 3.05) is 6.54 Å². The van der Waals surface area contributed by atoms with Crippen molar-refractivity contribution in [3.8, 4) is 0 Å². The lowest BCUT2D eigenvalue weighted by Crippen LogP contribution is -2.47. The number of nitrogens with one attached hydrogen (secondary N) is 1. The van der Waals surface area contributed by atoms with Crippen LogP contribution in [0.25, 0.3) is 0 Å². The minimum Gasteiger partial charge on any atom is -0.388 e. The van der Waals surface area contributed by atoms with Crippen molar-refractivity contribution in [3.05, 3.63) is 35.9 Å². The molecular weight excluding hydrogens is 238 g/mol. The molecule has 1 aliphatic carbocycles. The molecule has 1 saturated carbocycles. The molecule has 1 aliphatic rings. The summed E-state index contributed by atoms with van der Waals surface area (Å²) in [5.74, 6) is -0.0287. The van der Waals surface area contributed by atoms with E-state index in [1.165, 1.54) is 0 Å². The molecule has 0 saturated heterocycles. The Morgan fingerprint density at radius 2 is 1.84 bits per heavy atom. The van der Waals surface area contributed by atoms with Crippen LogP contribution in [0.15, 0.2) is 30.3 Å². The van der Waals surface area contributed by atoms with Gasteiger partial charge in [-0.2, -0.15) is 0 Å². The number of amides is 1. The van der Waals surface area contributed by atoms with Crippen LogP contribution in [0.4, 0.5) is 0 Å². The Kier molecular flexibility index (Phi) is 3.95. The van der Waals surface area contributed by atoms with Crippen LogP contribution in [-0.4, -0.2) is 23.2 Å². The molecule has 0 radical (unpaired) electrons. The van der Waals surface area contributed by atoms with Gasteiger partial charge in [-0.05, 0) is 32.3 Å². The predicted molar refractivity (Wildman–Crippen MR) is 75.9 cm³/mol. The molecule has 0 bridgehead atoms. The lowest BCUT2D eigenvalue weighted by molar-refractivity contribution is -0.126. The standard InChI is InChI=1S/C16H23NO2/c1-15(2,13-8-4-3-5-9-13)14(18)17-12-16(19)10-6-7-11-16/h3-5,8-9,19H,6-7,10-12H2,1-2H3,(H,17,18). The molecule has 2 N–H and O–H groups in total. The molecule has 3 nitrogen and oxygen atoms in total. The number of benzene rings is 1. The van der Waals surface area contributed by atoms with Gasteiger partial charge in [0.1, 0.15) is 0 Å². The first-order chi connectivity index (χ1) is 8.94. The molecular formula is C16H23NO2. The summed E-state index contributed by atoms with van der Waals surface area (Å²) in [5, 5.41) is 13.2. The molecule has 3 heteroatoms. The monoisotopic (exact) mass is 261 g/mol. The van der Waals surface area contributed by atoms with Crippen LogP contribution in [0, 0.1) is 0 Å². The zero-order chi connectivity index (χ0) is 13.9. The highest BCUT2D eigenvalue weighted by Gasteiger charge is 2.34. The van der Waals surface area contributed by atoms with Crippen LogP contribution in [0.3, 0.4) is 0 Å². The van der Waals surface area contributed by atoms with Gasteiger partial charge in [-0.1, -0.05) is 43.2 Å². The lowest BCUT2D eigenvalue weighted by Gasteiger charge is -2.28. The second kappa shape index (κ2) is 5.33. The molecule has 0 atom stereocenters. The van der Waals surface area contributed by atoms with Gasteiger partial charge in [0.25, 0.3) is 0 Å². The van der Waals surface area contributed by atoms with Gasteiger partial charge in [0.05, 0.1) is 11.0 Å². The SMILES string of the molecule is CC(C)(C(=O)NCC1(O)CCCC1)c1ccccc1. The van der Waals surface area contributed by atoms with Crippen molar-refractivity contribution < 1.29 is 9.90 Å². The van der Waals surface area contributed by atoms with E-state index in [9.17, 15) is 9.90 Å². The summed E-state index contributed by atoms with van der Waals surface area (Å²) in [7, 11) is 0. The first-order valence-electron chi connectivity index (χ1n) is 7.00. The average Bonchev–Trinajstić information content (AvgIpc) is 2.84. The van der Waals surface area contributed by atoms with Crippen LogP contribution in [-0.2, 0) is 10.2 Å². The molecule has 104 valence electrons. The fraction of sp³-hybridized carbons (Fsp3) is 0.562. The van der Waals surface area contributed by atoms with Gasteiger partial charge < -0.3 is 10.4 Å². The number of hydrogen-bond acceptors (Lipinski definition) is 2. The van der Waals surface area contributed by atoms with Crippen molar-refractivity contribution in [3.63, 3.8) is 0 Å². The Hall–Kier alpha value is -1.35. The van der Waals surface area contributed by atoms with E-state index >= 15 is 0 Å². The average molecular weight is 261 g/mol. The number of aliphatic hydroxyl groups is 1. The second-order valence-electron chi connectivity index (χ2n) is 6.11. The molecule has 0 unspecified atom stereocenters. The highest BCUT2D eigenvalue weighted by atomic mass is 16.3. The van der Waals surface area contributed by atoms with Crippen molar-refractivity contribution >= 4 is 5.91 Å². The van der Waals surface area contributed by atoms with E-state index in [4.69, 9.17) is 0 Å². The molecule has 0 aliphatic heterocycles. The lowest BCUT2D eigenvalue weighted by atomic mass is 9.83. The molecule has 1 fully saturated rings. The normalized spacial score (nSPS) is 18.3. The second-order valence-corrected chi connectivity index (χ2v) is 6.11. The van der Waals surface area contributed by atoms with Gasteiger partial charge in [0, 0.05) is 6.54 Å². The molecule has 1 amide bonds. The molecule has 1 aromatic rings. The minimum absolute atomic E-state index is 0.0287. The highest BCUT2D eigenvalue weighted by Crippen LogP contribution is 2.29. The van der Waals surface area contributed by atoms with Crippen LogP contribution >= 0.6 is 0 Å². The Morgan fingerprint density at radius 3 is 2.42 bits per heavy atom. The van der Waals surface area contributed by atoms with Crippen molar-refractivity contribution in [1.29, 1.82) is 0 Å². The molecule has 2 rings (SSSR count). The number of carbonyl (C=O) groups is 1. The summed E-state index contributed by atoms with van der Waals surface area (Å²) in [6, 6.07) is 9.75. The number of rotatable bonds is 4. The summed E-state index contributed by atoms with van der Waals surface area (Å²) < 4.78 is 0. The largest absolute Gasteiger partial charge is 0.388 e. The fourth-order valence-corrected chi connectivity index (χ4v) is 2.66. The third kappa shape index (κ3) is 3.16. The maximum Gasteiger partial charge on any atom is 0.230 e. The third-order valence-corrected chi connectivity index (χ3v) is 4.18. The highest BCUT2D eigenvalue weighted by molar-refractivity contribution is 5.87. The van der Waals surface area contributed by atoms with E-state index in [-0.39, 0.29) is 5.91 Å². The first-order valence-corrected chi connectivity index (χ1v) is 7.00. The van der Waals surface area contributed by atoms with Gasteiger partial charge in [0.15, 0.2) is 0 Å². The molecule has 0 heterocycles. The number of carbonyl (C=O) groups excluding carboxylic acids is 1. The predicted octanol–water partition coefficient (Wildman–Crippen LogP) is 2.39. The van der Waals surface area contributed by atoms with Crippen LogP contribution in [0.5, 0.6) is 0 Å². The summed E-state index contributed by atoms with van der Waals surface area (Å²) in [5.41, 5.74) is -0.274. The van der Waals surface area contributed by atoms with Crippen molar-refractivity contribution in [2.24, 2.45) is 0 Å². The smallest absolute Gasteiger partial charge is 0.230 e. The zero-order valence-corrected chi connectivity index (χ0v) is 11.8. The Labute approximate surface area is 115 Å². The van der Waals surface area contributed by atoms with Crippen LogP contribution in [0.1, 0.15) is 45.1 Å². The quantitative estimate of drug-likeness (QED) is 0.874. The fourth-order valence-electron chi connectivity index (χ4n) is 2.66. The van der Waals surface area contributed by atoms with Crippen molar-refractivity contribution in [2.45, 2.75) is 50.5 Å². The summed E-state index contributed by atoms with van der Waals surface area (Å²) in [6.45, 7) is 4.19. The maximum absolute atomic E-state index is 12.3. The molecule has 0 aromatic heterocycles. The minimum atomic E-state index is -0.692. The Bertz CT molecular complexity index is 433. The van der Waals surface area contributed by atoms with Gasteiger partial charge in [0.2, 0.25) is 5.91 Å². The van der Waals surface area contributed by atoms with Gasteiger partial charge >= 0.3 is 0 Å². The van der Waals surface area contributed by atoms with Crippen molar-refractivity contribution in [1.82, 2.24) is 5.32 Å². The van der Waals surface area contributed by atoms with Crippen LogP contribution < -0.4 is 5.32 Å². The molecule has 0 spiro atoms. The Balaban J connectivity index is 1.99. The maximum atomic E-state index is 12.3. The van der Waals surface area contributed by atoms with E-state index in [2.05, 4.69) is 5.32 Å². The van der Waals surface area contributed by atoms with Gasteiger partial charge in [-0.3, -0.25) is 4.79 Å².